The number of anilines is 2. The third-order valence-electron chi connectivity index (χ3n) is 7.99. The molecule has 0 spiro atoms. The van der Waals surface area contributed by atoms with Crippen LogP contribution >= 0.6 is 0 Å². The Labute approximate surface area is 231 Å². The Balaban J connectivity index is 1.51. The first-order valence-corrected chi connectivity index (χ1v) is 13.3. The van der Waals surface area contributed by atoms with Gasteiger partial charge < -0.3 is 15.2 Å². The summed E-state index contributed by atoms with van der Waals surface area (Å²) in [4.78, 5) is 36.3. The number of benzene rings is 1. The topological polar surface area (TPSA) is 105 Å². The van der Waals surface area contributed by atoms with Gasteiger partial charge in [-0.25, -0.2) is 4.98 Å². The summed E-state index contributed by atoms with van der Waals surface area (Å²) in [6.07, 6.45) is 4.13. The monoisotopic (exact) mass is 550 g/mol. The zero-order valence-electron chi connectivity index (χ0n) is 22.7. The van der Waals surface area contributed by atoms with Crippen molar-refractivity contribution in [3.05, 3.63) is 71.2 Å². The van der Waals surface area contributed by atoms with Gasteiger partial charge in [0.2, 0.25) is 5.91 Å². The highest BCUT2D eigenvalue weighted by molar-refractivity contribution is 6.04. The predicted octanol–water partition coefficient (Wildman–Crippen LogP) is 4.84. The Hall–Kier alpha value is -3.76. The van der Waals surface area contributed by atoms with Crippen LogP contribution in [0.3, 0.4) is 0 Å². The number of halogens is 2. The summed E-state index contributed by atoms with van der Waals surface area (Å²) in [5.41, 5.74) is 3.12. The minimum Gasteiger partial charge on any atom is -0.395 e. The van der Waals surface area contributed by atoms with Gasteiger partial charge in [-0.1, -0.05) is 13.0 Å². The van der Waals surface area contributed by atoms with Gasteiger partial charge in [0.15, 0.2) is 0 Å². The molecule has 0 saturated carbocycles. The van der Waals surface area contributed by atoms with Crippen LogP contribution in [0.1, 0.15) is 53.9 Å². The Morgan fingerprint density at radius 2 is 2.02 bits per heavy atom. The van der Waals surface area contributed by atoms with Gasteiger partial charge in [0.05, 0.1) is 19.1 Å². The smallest absolute Gasteiger partial charge is 0.286 e. The van der Waals surface area contributed by atoms with Crippen LogP contribution in [0.4, 0.5) is 20.3 Å². The Morgan fingerprint density at radius 1 is 1.23 bits per heavy atom. The third-order valence-corrected chi connectivity index (χ3v) is 7.99. The molecule has 0 radical (unpaired) electrons. The number of amides is 2. The number of fused-ring (bicyclic) bond motifs is 3. The minimum atomic E-state index is -3.16. The first kappa shape index (κ1) is 27.8. The van der Waals surface area contributed by atoms with Crippen molar-refractivity contribution in [2.45, 2.75) is 45.0 Å². The average molecular weight is 551 g/mol. The van der Waals surface area contributed by atoms with Crippen molar-refractivity contribution in [2.24, 2.45) is 5.92 Å². The van der Waals surface area contributed by atoms with E-state index in [2.05, 4.69) is 17.2 Å². The summed E-state index contributed by atoms with van der Waals surface area (Å²) in [6.45, 7) is 5.78. The maximum Gasteiger partial charge on any atom is 0.286 e. The molecule has 40 heavy (non-hydrogen) atoms. The number of aliphatic hydroxyl groups is 1. The van der Waals surface area contributed by atoms with Crippen molar-refractivity contribution >= 4 is 23.3 Å². The number of carbonyl (C=O) groups is 2. The molecule has 2 aliphatic heterocycles. The lowest BCUT2D eigenvalue weighted by atomic mass is 9.66. The molecule has 2 aromatic heterocycles. The van der Waals surface area contributed by atoms with Gasteiger partial charge in [0.1, 0.15) is 11.5 Å². The van der Waals surface area contributed by atoms with E-state index in [0.29, 0.717) is 37.6 Å². The molecule has 2 N–H and O–H groups in total. The van der Waals surface area contributed by atoms with Crippen molar-refractivity contribution in [2.75, 3.05) is 36.6 Å². The largest absolute Gasteiger partial charge is 0.395 e. The Bertz CT molecular complexity index is 1460. The number of hydrogen-bond donors (Lipinski definition) is 2. The molecular weight excluding hydrogens is 518 g/mol. The molecule has 1 saturated heterocycles. The van der Waals surface area contributed by atoms with E-state index in [4.69, 9.17) is 9.72 Å². The van der Waals surface area contributed by atoms with Crippen LogP contribution in [0, 0.1) is 12.8 Å². The van der Waals surface area contributed by atoms with E-state index >= 15 is 0 Å². The highest BCUT2D eigenvalue weighted by Gasteiger charge is 2.49. The third kappa shape index (κ3) is 5.09. The molecule has 10 heteroatoms. The number of aromatic nitrogens is 2. The van der Waals surface area contributed by atoms with E-state index < -0.39 is 22.9 Å². The van der Waals surface area contributed by atoms with Crippen LogP contribution in [0.2, 0.25) is 0 Å². The maximum atomic E-state index is 13.7. The lowest BCUT2D eigenvalue weighted by Crippen LogP contribution is -2.52. The van der Waals surface area contributed by atoms with Gasteiger partial charge in [-0.2, -0.15) is 8.78 Å². The Morgan fingerprint density at radius 3 is 2.77 bits per heavy atom. The van der Waals surface area contributed by atoms with E-state index in [-0.39, 0.29) is 30.5 Å². The fourth-order valence-electron chi connectivity index (χ4n) is 5.67. The maximum absolute atomic E-state index is 13.7. The minimum absolute atomic E-state index is 0.0456. The fourth-order valence-corrected chi connectivity index (χ4v) is 5.67. The second kappa shape index (κ2) is 10.7. The molecule has 0 aliphatic carbocycles. The summed E-state index contributed by atoms with van der Waals surface area (Å²) in [6, 6.07) is 9.96. The van der Waals surface area contributed by atoms with Crippen molar-refractivity contribution < 1.29 is 28.2 Å². The zero-order chi connectivity index (χ0) is 28.7. The quantitative estimate of drug-likeness (QED) is 0.455. The molecule has 1 fully saturated rings. The lowest BCUT2D eigenvalue weighted by Gasteiger charge is -2.44. The molecule has 0 bridgehead atoms. The summed E-state index contributed by atoms with van der Waals surface area (Å²) in [7, 11) is 0. The van der Waals surface area contributed by atoms with Gasteiger partial charge in [0, 0.05) is 60.3 Å². The predicted molar refractivity (Wildman–Crippen MR) is 147 cm³/mol. The first-order chi connectivity index (χ1) is 19.0. The van der Waals surface area contributed by atoms with Gasteiger partial charge in [-0.15, -0.1) is 0 Å². The second-order valence-corrected chi connectivity index (χ2v) is 10.7. The summed E-state index contributed by atoms with van der Waals surface area (Å²) >= 11 is 0. The number of pyridine rings is 2. The molecule has 8 nitrogen and oxygen atoms in total. The van der Waals surface area contributed by atoms with Gasteiger partial charge in [-0.3, -0.25) is 19.5 Å². The number of nitrogens with one attached hydrogen (secondary N) is 1. The normalized spacial score (nSPS) is 20.9. The average Bonchev–Trinajstić information content (AvgIpc) is 3.14. The second-order valence-electron chi connectivity index (χ2n) is 10.7. The number of β-amino-alcohol motifs (C(OH)–C–C–N with tert-alkyl or cyclic N) is 1. The number of hydrogen-bond acceptors (Lipinski definition) is 6. The molecule has 210 valence electrons. The SMILES string of the molecule is Cc1ccc(NC(=O)c2ccnc(C(C)(F)F)c2)cc1-c1cnc2c(c1)[C@@]1(C)CCOCC[C@@H]1C(=O)N2CCO. The van der Waals surface area contributed by atoms with Gasteiger partial charge >= 0.3 is 0 Å². The van der Waals surface area contributed by atoms with E-state index in [1.54, 1.807) is 17.2 Å². The van der Waals surface area contributed by atoms with Crippen LogP contribution in [0.5, 0.6) is 0 Å². The van der Waals surface area contributed by atoms with Crippen LogP contribution < -0.4 is 10.2 Å². The molecule has 2 atom stereocenters. The number of carbonyl (C=O) groups excluding carboxylic acids is 2. The van der Waals surface area contributed by atoms with Gasteiger partial charge in [-0.05, 0) is 61.2 Å². The van der Waals surface area contributed by atoms with Gasteiger partial charge in [0.25, 0.3) is 11.8 Å². The van der Waals surface area contributed by atoms with Crippen LogP contribution in [-0.4, -0.2) is 53.3 Å². The van der Waals surface area contributed by atoms with E-state index in [0.717, 1.165) is 35.2 Å². The standard InChI is InChI=1S/C30H32F2N4O4/c1-18-4-5-21(35-27(38)19-6-9-33-25(15-19)30(3,31)32)16-22(18)20-14-24-26(34-17-20)36(10-11-37)28(39)23-7-12-40-13-8-29(23,24)2/h4-6,9,14-17,23,37H,7-8,10-13H2,1-3H3,(H,35,38)/t23-,29+/m1/s1. The van der Waals surface area contributed by atoms with Crippen LogP contribution in [0.15, 0.2) is 48.8 Å². The molecule has 3 aromatic rings. The van der Waals surface area contributed by atoms with Crippen molar-refractivity contribution in [1.29, 1.82) is 0 Å². The highest BCUT2D eigenvalue weighted by Crippen LogP contribution is 2.48. The molecule has 1 aromatic carbocycles. The molecule has 5 rings (SSSR count). The van der Waals surface area contributed by atoms with Crippen LogP contribution in [-0.2, 0) is 20.9 Å². The highest BCUT2D eigenvalue weighted by atomic mass is 19.3. The fraction of sp³-hybridized carbons (Fsp3) is 0.400. The molecular formula is C30H32F2N4O4. The molecule has 2 aliphatic rings. The number of nitrogens with zero attached hydrogens (tertiary/aromatic N) is 3. The Kier molecular flexibility index (Phi) is 7.41. The summed E-state index contributed by atoms with van der Waals surface area (Å²) in [5, 5.41) is 12.5. The van der Waals surface area contributed by atoms with E-state index in [1.807, 2.05) is 25.1 Å². The van der Waals surface area contributed by atoms with Crippen molar-refractivity contribution in [3.63, 3.8) is 0 Å². The number of aryl methyl sites for hydroxylation is 1. The number of rotatable bonds is 6. The number of ether oxygens (including phenoxy) is 1. The first-order valence-electron chi connectivity index (χ1n) is 13.3. The van der Waals surface area contributed by atoms with E-state index in [9.17, 15) is 23.5 Å². The van der Waals surface area contributed by atoms with Crippen molar-refractivity contribution in [1.82, 2.24) is 9.97 Å². The van der Waals surface area contributed by atoms with Crippen molar-refractivity contribution in [3.8, 4) is 11.1 Å². The van der Waals surface area contributed by atoms with E-state index in [1.165, 1.54) is 12.3 Å². The molecule has 0 unspecified atom stereocenters. The number of alkyl halides is 2. The lowest BCUT2D eigenvalue weighted by molar-refractivity contribution is -0.125. The molecule has 4 heterocycles. The molecule has 2 amide bonds. The summed E-state index contributed by atoms with van der Waals surface area (Å²) in [5.74, 6) is -3.48. The zero-order valence-corrected chi connectivity index (χ0v) is 22.7. The van der Waals surface area contributed by atoms with Crippen LogP contribution in [0.25, 0.3) is 11.1 Å². The summed E-state index contributed by atoms with van der Waals surface area (Å²) < 4.78 is 33.2. The number of aliphatic hydroxyl groups excluding tert-OH is 1.